The van der Waals surface area contributed by atoms with Crippen LogP contribution in [-0.2, 0) is 4.79 Å². The Kier molecular flexibility index (Phi) is 5.18. The zero-order valence-electron chi connectivity index (χ0n) is 15.6. The number of hydrogen-bond donors (Lipinski definition) is 1. The van der Waals surface area contributed by atoms with E-state index < -0.39 is 11.4 Å². The average Bonchev–Trinajstić information content (AvgIpc) is 2.77. The smallest absolute Gasteiger partial charge is 0.248 e. The van der Waals surface area contributed by atoms with Gasteiger partial charge in [-0.05, 0) is 54.6 Å². The highest BCUT2D eigenvalue weighted by Gasteiger charge is 2.48. The number of methoxy groups -OCH3 is 1. The average molecular weight is 408 g/mol. The summed E-state index contributed by atoms with van der Waals surface area (Å²) < 4.78 is 5.13. The van der Waals surface area contributed by atoms with Crippen LogP contribution < -0.4 is 9.64 Å². The largest absolute Gasteiger partial charge is 0.508 e. The molecule has 1 heterocycles. The van der Waals surface area contributed by atoms with Crippen molar-refractivity contribution >= 4 is 34.6 Å². The van der Waals surface area contributed by atoms with E-state index in [1.807, 2.05) is 30.3 Å². The summed E-state index contributed by atoms with van der Waals surface area (Å²) in [7, 11) is 1.60. The maximum atomic E-state index is 12.4. The summed E-state index contributed by atoms with van der Waals surface area (Å²) in [6.07, 6.45) is 0. The molecular weight excluding hydrogens is 390 g/mol. The third kappa shape index (κ3) is 3.67. The van der Waals surface area contributed by atoms with Crippen LogP contribution in [0.5, 0.6) is 11.5 Å². The summed E-state index contributed by atoms with van der Waals surface area (Å²) >= 11 is 6.30. The first-order chi connectivity index (χ1) is 14.1. The molecule has 3 aromatic rings. The zero-order valence-corrected chi connectivity index (χ0v) is 16.3. The summed E-state index contributed by atoms with van der Waals surface area (Å²) in [6, 6.07) is 20.8. The Morgan fingerprint density at radius 3 is 2.31 bits per heavy atom. The van der Waals surface area contributed by atoms with Crippen LogP contribution in [0.25, 0.3) is 0 Å². The molecule has 1 aliphatic heterocycles. The monoisotopic (exact) mass is 407 g/mol. The van der Waals surface area contributed by atoms with Gasteiger partial charge in [0.2, 0.25) is 5.91 Å². The molecule has 0 radical (unpaired) electrons. The van der Waals surface area contributed by atoms with Crippen LogP contribution in [0.4, 0.5) is 17.1 Å². The lowest BCUT2D eigenvalue weighted by molar-refractivity contribution is -0.123. The quantitative estimate of drug-likeness (QED) is 0.344. The standard InChI is InChI=1S/C22H18ClN3O3/c1-29-17-10-7-14(8-11-17)24-25-15-9-12-19(27)18(13-15)21-20(23)22(28)26(21)16-5-3-2-4-6-16/h2-13,20-21,27H,1H3/t20-,21+/m0/s1. The second-order valence-corrected chi connectivity index (χ2v) is 7.00. The van der Waals surface area contributed by atoms with Gasteiger partial charge in [-0.15, -0.1) is 11.6 Å². The Bertz CT molecular complexity index is 1050. The number of azo groups is 1. The van der Waals surface area contributed by atoms with Crippen molar-refractivity contribution in [2.45, 2.75) is 11.4 Å². The van der Waals surface area contributed by atoms with E-state index in [1.54, 1.807) is 48.4 Å². The minimum absolute atomic E-state index is 0.0532. The van der Waals surface area contributed by atoms with E-state index in [2.05, 4.69) is 10.2 Å². The number of carbonyl (C=O) groups is 1. The van der Waals surface area contributed by atoms with Crippen molar-refractivity contribution in [2.75, 3.05) is 12.0 Å². The van der Waals surface area contributed by atoms with Crippen LogP contribution in [0.1, 0.15) is 11.6 Å². The molecule has 4 rings (SSSR count). The topological polar surface area (TPSA) is 74.5 Å². The number of anilines is 1. The van der Waals surface area contributed by atoms with E-state index in [-0.39, 0.29) is 11.7 Å². The maximum Gasteiger partial charge on any atom is 0.248 e. The second-order valence-electron chi connectivity index (χ2n) is 6.53. The molecule has 0 aliphatic carbocycles. The summed E-state index contributed by atoms with van der Waals surface area (Å²) in [4.78, 5) is 13.9. The molecule has 1 N–H and O–H groups in total. The summed E-state index contributed by atoms with van der Waals surface area (Å²) in [5.74, 6) is 0.588. The van der Waals surface area contributed by atoms with Crippen LogP contribution in [-0.4, -0.2) is 23.5 Å². The molecule has 7 heteroatoms. The molecule has 29 heavy (non-hydrogen) atoms. The van der Waals surface area contributed by atoms with Crippen molar-refractivity contribution in [1.82, 2.24) is 0 Å². The van der Waals surface area contributed by atoms with Crippen molar-refractivity contribution in [2.24, 2.45) is 10.2 Å². The Labute approximate surface area is 173 Å². The van der Waals surface area contributed by atoms with Gasteiger partial charge >= 0.3 is 0 Å². The minimum Gasteiger partial charge on any atom is -0.508 e. The number of carbonyl (C=O) groups excluding carboxylic acids is 1. The molecule has 2 atom stereocenters. The van der Waals surface area contributed by atoms with Crippen LogP contribution in [0, 0.1) is 0 Å². The lowest BCUT2D eigenvalue weighted by Gasteiger charge is -2.44. The first kappa shape index (κ1) is 19.0. The van der Waals surface area contributed by atoms with E-state index in [0.717, 1.165) is 11.4 Å². The van der Waals surface area contributed by atoms with Gasteiger partial charge in [-0.3, -0.25) is 4.79 Å². The lowest BCUT2D eigenvalue weighted by atomic mass is 9.91. The Morgan fingerprint density at radius 1 is 0.966 bits per heavy atom. The molecule has 3 aromatic carbocycles. The van der Waals surface area contributed by atoms with Gasteiger partial charge in [-0.25, -0.2) is 0 Å². The molecule has 0 bridgehead atoms. The van der Waals surface area contributed by atoms with Crippen molar-refractivity contribution < 1.29 is 14.6 Å². The fraction of sp³-hybridized carbons (Fsp3) is 0.136. The van der Waals surface area contributed by atoms with E-state index in [9.17, 15) is 9.90 Å². The highest BCUT2D eigenvalue weighted by molar-refractivity contribution is 6.37. The normalized spacial score (nSPS) is 18.7. The molecule has 1 saturated heterocycles. The number of nitrogens with zero attached hydrogens (tertiary/aromatic N) is 3. The maximum absolute atomic E-state index is 12.4. The number of phenols is 1. The van der Waals surface area contributed by atoms with E-state index in [0.29, 0.717) is 16.9 Å². The molecule has 1 amide bonds. The van der Waals surface area contributed by atoms with E-state index in [1.165, 1.54) is 6.07 Å². The first-order valence-corrected chi connectivity index (χ1v) is 9.43. The van der Waals surface area contributed by atoms with Crippen molar-refractivity contribution in [1.29, 1.82) is 0 Å². The third-order valence-corrected chi connectivity index (χ3v) is 5.17. The predicted octanol–water partition coefficient (Wildman–Crippen LogP) is 5.51. The molecule has 0 unspecified atom stereocenters. The van der Waals surface area contributed by atoms with Crippen LogP contribution in [0.15, 0.2) is 83.0 Å². The number of alkyl halides is 1. The number of aromatic hydroxyl groups is 1. The molecule has 1 fully saturated rings. The van der Waals surface area contributed by atoms with Gasteiger partial charge < -0.3 is 14.7 Å². The zero-order chi connectivity index (χ0) is 20.4. The van der Waals surface area contributed by atoms with Crippen molar-refractivity contribution in [3.8, 4) is 11.5 Å². The van der Waals surface area contributed by atoms with Crippen LogP contribution in [0.2, 0.25) is 0 Å². The minimum atomic E-state index is -0.755. The fourth-order valence-corrected chi connectivity index (χ4v) is 3.59. The van der Waals surface area contributed by atoms with Gasteiger partial charge in [-0.2, -0.15) is 10.2 Å². The number of hydrogen-bond acceptors (Lipinski definition) is 5. The lowest BCUT2D eigenvalue weighted by Crippen LogP contribution is -2.56. The highest BCUT2D eigenvalue weighted by Crippen LogP contribution is 2.45. The number of benzene rings is 3. The molecule has 0 aromatic heterocycles. The first-order valence-electron chi connectivity index (χ1n) is 8.99. The molecule has 0 saturated carbocycles. The van der Waals surface area contributed by atoms with E-state index >= 15 is 0 Å². The number of rotatable bonds is 5. The number of β-lactam (4-membered cyclic amide) rings is 1. The number of ether oxygens (including phenoxy) is 1. The fourth-order valence-electron chi connectivity index (χ4n) is 3.23. The van der Waals surface area contributed by atoms with Gasteiger partial charge in [0, 0.05) is 11.3 Å². The van der Waals surface area contributed by atoms with E-state index in [4.69, 9.17) is 16.3 Å². The molecule has 0 spiro atoms. The highest BCUT2D eigenvalue weighted by atomic mass is 35.5. The SMILES string of the molecule is COc1ccc(N=Nc2ccc(O)c([C@@H]3[C@H](Cl)C(=O)N3c3ccccc3)c2)cc1. The predicted molar refractivity (Wildman–Crippen MR) is 112 cm³/mol. The van der Waals surface area contributed by atoms with Gasteiger partial charge in [0.05, 0.1) is 24.5 Å². The third-order valence-electron chi connectivity index (χ3n) is 4.75. The molecule has 1 aliphatic rings. The molecule has 146 valence electrons. The number of phenolic OH excluding ortho intramolecular Hbond substituents is 1. The summed E-state index contributed by atoms with van der Waals surface area (Å²) in [6.45, 7) is 0. The molecule has 6 nitrogen and oxygen atoms in total. The molecular formula is C22H18ClN3O3. The number of halogens is 1. The Balaban J connectivity index is 1.62. The van der Waals surface area contributed by atoms with Crippen LogP contribution >= 0.6 is 11.6 Å². The Hall–Kier alpha value is -3.38. The number of para-hydroxylation sites is 1. The van der Waals surface area contributed by atoms with Crippen molar-refractivity contribution in [3.63, 3.8) is 0 Å². The number of amides is 1. The van der Waals surface area contributed by atoms with Gasteiger partial charge in [0.25, 0.3) is 0 Å². The van der Waals surface area contributed by atoms with Crippen LogP contribution in [0.3, 0.4) is 0 Å². The Morgan fingerprint density at radius 2 is 1.62 bits per heavy atom. The second kappa shape index (κ2) is 7.93. The summed E-state index contributed by atoms with van der Waals surface area (Å²) in [5, 5.41) is 18.1. The van der Waals surface area contributed by atoms with Crippen molar-refractivity contribution in [3.05, 3.63) is 78.4 Å². The van der Waals surface area contributed by atoms with Gasteiger partial charge in [-0.1, -0.05) is 18.2 Å². The summed E-state index contributed by atoms with van der Waals surface area (Å²) in [5.41, 5.74) is 2.47. The van der Waals surface area contributed by atoms with Gasteiger partial charge in [0.15, 0.2) is 0 Å². The van der Waals surface area contributed by atoms with Gasteiger partial charge in [0.1, 0.15) is 16.9 Å².